The summed E-state index contributed by atoms with van der Waals surface area (Å²) in [4.78, 5) is 4.29. The van der Waals surface area contributed by atoms with Gasteiger partial charge in [0.05, 0.1) is 29.3 Å². The van der Waals surface area contributed by atoms with Crippen LogP contribution in [0.4, 0.5) is 5.69 Å². The number of nitrogens with one attached hydrogen (secondary N) is 1. The lowest BCUT2D eigenvalue weighted by Crippen LogP contribution is -1.91. The molecule has 0 atom stereocenters. The van der Waals surface area contributed by atoms with Gasteiger partial charge in [0.2, 0.25) is 0 Å². The Balaban J connectivity index is 1.79. The fraction of sp³-hybridized carbons (Fsp3) is 0.0667. The molecule has 0 unspecified atom stereocenters. The average molecular weight is 250 g/mol. The molecule has 2 aromatic carbocycles. The molecule has 1 aromatic heterocycles. The van der Waals surface area contributed by atoms with Crippen LogP contribution in [0.25, 0.3) is 11.0 Å². The Hall–Kier alpha value is -2.62. The van der Waals surface area contributed by atoms with Crippen LogP contribution in [-0.4, -0.2) is 15.8 Å². The van der Waals surface area contributed by atoms with Gasteiger partial charge in [-0.25, -0.2) is 4.98 Å². The zero-order valence-corrected chi connectivity index (χ0v) is 10.6. The molecule has 0 saturated heterocycles. The molecule has 0 aliphatic rings. The van der Waals surface area contributed by atoms with Crippen LogP contribution in [0, 0.1) is 0 Å². The first-order valence-electron chi connectivity index (χ1n) is 6.08. The highest BCUT2D eigenvalue weighted by molar-refractivity contribution is 5.87. The molecule has 4 heteroatoms. The first-order chi connectivity index (χ1) is 9.33. The first-order valence-corrected chi connectivity index (χ1v) is 6.08. The summed E-state index contributed by atoms with van der Waals surface area (Å²) in [5.41, 5.74) is 7.11. The monoisotopic (exact) mass is 250 g/mol. The minimum atomic E-state index is 0.973. The van der Waals surface area contributed by atoms with Crippen LogP contribution in [0.2, 0.25) is 0 Å². The van der Waals surface area contributed by atoms with Crippen molar-refractivity contribution in [2.75, 3.05) is 5.43 Å². The fourth-order valence-electron chi connectivity index (χ4n) is 1.92. The van der Waals surface area contributed by atoms with E-state index in [1.165, 1.54) is 0 Å². The summed E-state index contributed by atoms with van der Waals surface area (Å²) in [5, 5.41) is 4.23. The van der Waals surface area contributed by atoms with E-state index in [4.69, 9.17) is 0 Å². The lowest BCUT2D eigenvalue weighted by Gasteiger charge is -1.99. The lowest BCUT2D eigenvalue weighted by atomic mass is 10.2. The Morgan fingerprint density at radius 2 is 2.00 bits per heavy atom. The third-order valence-corrected chi connectivity index (χ3v) is 2.93. The molecular formula is C15H14N4. The van der Waals surface area contributed by atoms with Gasteiger partial charge in [-0.1, -0.05) is 24.3 Å². The van der Waals surface area contributed by atoms with Gasteiger partial charge in [0.1, 0.15) is 0 Å². The van der Waals surface area contributed by atoms with Crippen LogP contribution in [0.15, 0.2) is 60.0 Å². The van der Waals surface area contributed by atoms with Gasteiger partial charge in [0.15, 0.2) is 0 Å². The van der Waals surface area contributed by atoms with Crippen molar-refractivity contribution in [3.63, 3.8) is 0 Å². The van der Waals surface area contributed by atoms with Crippen LogP contribution in [0.3, 0.4) is 0 Å². The summed E-state index contributed by atoms with van der Waals surface area (Å²) in [6.07, 6.45) is 3.62. The van der Waals surface area contributed by atoms with Crippen LogP contribution in [0.1, 0.15) is 5.56 Å². The third-order valence-electron chi connectivity index (χ3n) is 2.93. The van der Waals surface area contributed by atoms with Crippen molar-refractivity contribution >= 4 is 22.9 Å². The third kappa shape index (κ3) is 2.47. The molecule has 3 aromatic rings. The summed E-state index contributed by atoms with van der Waals surface area (Å²) in [7, 11) is 1.98. The predicted octanol–water partition coefficient (Wildman–Crippen LogP) is 3.02. The minimum Gasteiger partial charge on any atom is -0.334 e. The average Bonchev–Trinajstić information content (AvgIpc) is 2.82. The van der Waals surface area contributed by atoms with Gasteiger partial charge in [0, 0.05) is 7.05 Å². The van der Waals surface area contributed by atoms with Crippen molar-refractivity contribution in [3.05, 3.63) is 60.4 Å². The largest absolute Gasteiger partial charge is 0.334 e. The summed E-state index contributed by atoms with van der Waals surface area (Å²) >= 11 is 0. The van der Waals surface area contributed by atoms with E-state index in [2.05, 4.69) is 21.6 Å². The van der Waals surface area contributed by atoms with Crippen molar-refractivity contribution in [1.29, 1.82) is 0 Å². The maximum atomic E-state index is 4.29. The van der Waals surface area contributed by atoms with E-state index in [1.54, 1.807) is 6.21 Å². The summed E-state index contributed by atoms with van der Waals surface area (Å²) in [6, 6.07) is 15.9. The number of anilines is 1. The van der Waals surface area contributed by atoms with Gasteiger partial charge >= 0.3 is 0 Å². The van der Waals surface area contributed by atoms with Gasteiger partial charge < -0.3 is 4.57 Å². The zero-order valence-electron chi connectivity index (χ0n) is 10.6. The van der Waals surface area contributed by atoms with E-state index in [0.29, 0.717) is 0 Å². The van der Waals surface area contributed by atoms with Gasteiger partial charge in [0.25, 0.3) is 0 Å². The number of aromatic nitrogens is 2. The maximum Gasteiger partial charge on any atom is 0.0955 e. The Morgan fingerprint density at radius 3 is 2.84 bits per heavy atom. The number of hydrazone groups is 1. The molecule has 19 heavy (non-hydrogen) atoms. The molecule has 0 amide bonds. The number of nitrogens with zero attached hydrogens (tertiary/aromatic N) is 3. The van der Waals surface area contributed by atoms with Crippen molar-refractivity contribution in [3.8, 4) is 0 Å². The minimum absolute atomic E-state index is 0.973. The van der Waals surface area contributed by atoms with Crippen LogP contribution in [-0.2, 0) is 7.05 Å². The number of hydrogen-bond acceptors (Lipinski definition) is 3. The highest BCUT2D eigenvalue weighted by atomic mass is 15.3. The van der Waals surface area contributed by atoms with Gasteiger partial charge in [-0.3, -0.25) is 5.43 Å². The van der Waals surface area contributed by atoms with E-state index in [9.17, 15) is 0 Å². The quantitative estimate of drug-likeness (QED) is 0.573. The SMILES string of the molecule is Cn1cnc2ccc(C=NNc3ccccc3)cc21. The Kier molecular flexibility index (Phi) is 2.98. The Morgan fingerprint density at radius 1 is 1.16 bits per heavy atom. The first kappa shape index (κ1) is 11.5. The van der Waals surface area contributed by atoms with Crippen LogP contribution >= 0.6 is 0 Å². The molecule has 94 valence electrons. The van der Waals surface area contributed by atoms with Crippen molar-refractivity contribution in [1.82, 2.24) is 9.55 Å². The smallest absolute Gasteiger partial charge is 0.0955 e. The predicted molar refractivity (Wildman–Crippen MR) is 78.4 cm³/mol. The molecule has 1 heterocycles. The molecule has 1 N–H and O–H groups in total. The molecule has 0 bridgehead atoms. The van der Waals surface area contributed by atoms with Crippen molar-refractivity contribution < 1.29 is 0 Å². The number of imidazole rings is 1. The lowest BCUT2D eigenvalue weighted by molar-refractivity contribution is 0.947. The van der Waals surface area contributed by atoms with E-state index in [-0.39, 0.29) is 0 Å². The van der Waals surface area contributed by atoms with E-state index in [1.807, 2.05) is 60.4 Å². The van der Waals surface area contributed by atoms with Crippen molar-refractivity contribution in [2.45, 2.75) is 0 Å². The van der Waals surface area contributed by atoms with Crippen molar-refractivity contribution in [2.24, 2.45) is 12.1 Å². The highest BCUT2D eigenvalue weighted by Gasteiger charge is 1.99. The molecule has 0 aliphatic heterocycles. The number of rotatable bonds is 3. The number of para-hydroxylation sites is 1. The molecule has 0 radical (unpaired) electrons. The maximum absolute atomic E-state index is 4.29. The second-order valence-corrected chi connectivity index (χ2v) is 4.34. The normalized spacial score (nSPS) is 11.2. The van der Waals surface area contributed by atoms with Gasteiger partial charge in [-0.15, -0.1) is 0 Å². The molecule has 3 rings (SSSR count). The molecule has 0 aliphatic carbocycles. The number of hydrogen-bond donors (Lipinski definition) is 1. The molecule has 4 nitrogen and oxygen atoms in total. The van der Waals surface area contributed by atoms with E-state index in [0.717, 1.165) is 22.3 Å². The molecular weight excluding hydrogens is 236 g/mol. The fourth-order valence-corrected chi connectivity index (χ4v) is 1.92. The molecule has 0 spiro atoms. The number of aryl methyl sites for hydroxylation is 1. The topological polar surface area (TPSA) is 42.2 Å². The second kappa shape index (κ2) is 4.94. The van der Waals surface area contributed by atoms with Crippen LogP contribution < -0.4 is 5.43 Å². The number of benzene rings is 2. The summed E-state index contributed by atoms with van der Waals surface area (Å²) < 4.78 is 2.00. The summed E-state index contributed by atoms with van der Waals surface area (Å²) in [6.45, 7) is 0. The van der Waals surface area contributed by atoms with E-state index >= 15 is 0 Å². The molecule has 0 saturated carbocycles. The molecule has 0 fully saturated rings. The zero-order chi connectivity index (χ0) is 13.1. The van der Waals surface area contributed by atoms with Gasteiger partial charge in [-0.2, -0.15) is 5.10 Å². The Labute approximate surface area is 111 Å². The standard InChI is InChI=1S/C15H14N4/c1-19-11-16-14-8-7-12(9-15(14)19)10-17-18-13-5-3-2-4-6-13/h2-11,18H,1H3. The number of fused-ring (bicyclic) bond motifs is 1. The Bertz CT molecular complexity index is 713. The second-order valence-electron chi connectivity index (χ2n) is 4.34. The van der Waals surface area contributed by atoms with E-state index < -0.39 is 0 Å². The highest BCUT2D eigenvalue weighted by Crippen LogP contribution is 2.13. The van der Waals surface area contributed by atoms with Gasteiger partial charge in [-0.05, 0) is 29.8 Å². The summed E-state index contributed by atoms with van der Waals surface area (Å²) in [5.74, 6) is 0. The van der Waals surface area contributed by atoms with Crippen LogP contribution in [0.5, 0.6) is 0 Å².